The second-order valence-electron chi connectivity index (χ2n) is 6.91. The highest BCUT2D eigenvalue weighted by Gasteiger charge is 2.28. The first-order valence-electron chi connectivity index (χ1n) is 7.53. The second-order valence-corrected chi connectivity index (χ2v) is 6.91. The van der Waals surface area contributed by atoms with Gasteiger partial charge in [-0.25, -0.2) is 0 Å². The molecule has 1 aliphatic rings. The molecule has 1 fully saturated rings. The van der Waals surface area contributed by atoms with Crippen molar-refractivity contribution in [2.45, 2.75) is 40.0 Å². The standard InChI is InChI=1S/C17H26N2O/c1-17(2,3)14-5-4-11-19(12-10-14)16(20)13-6-8-15(18)9-7-13/h6-9,14H,4-5,10-12,18H2,1-3H3. The Morgan fingerprint density at radius 3 is 2.40 bits per heavy atom. The van der Waals surface area contributed by atoms with Gasteiger partial charge in [0.15, 0.2) is 0 Å². The maximum absolute atomic E-state index is 12.5. The minimum Gasteiger partial charge on any atom is -0.399 e. The molecule has 0 bridgehead atoms. The molecule has 2 N–H and O–H groups in total. The number of nitrogen functional groups attached to an aromatic ring is 1. The smallest absolute Gasteiger partial charge is 0.253 e. The summed E-state index contributed by atoms with van der Waals surface area (Å²) in [5.74, 6) is 0.839. The van der Waals surface area contributed by atoms with Crippen LogP contribution in [0, 0.1) is 11.3 Å². The number of likely N-dealkylation sites (tertiary alicyclic amines) is 1. The van der Waals surface area contributed by atoms with E-state index in [2.05, 4.69) is 20.8 Å². The van der Waals surface area contributed by atoms with Crippen molar-refractivity contribution < 1.29 is 4.79 Å². The molecule has 3 nitrogen and oxygen atoms in total. The normalized spacial score (nSPS) is 20.6. The Balaban J connectivity index is 2.03. The minimum absolute atomic E-state index is 0.138. The van der Waals surface area contributed by atoms with E-state index in [0.717, 1.165) is 31.5 Å². The average Bonchev–Trinajstić information content (AvgIpc) is 2.64. The molecule has 0 saturated carbocycles. The van der Waals surface area contributed by atoms with E-state index in [1.54, 1.807) is 12.1 Å². The van der Waals surface area contributed by atoms with Gasteiger partial charge in [-0.05, 0) is 54.9 Å². The van der Waals surface area contributed by atoms with Crippen LogP contribution in [0.2, 0.25) is 0 Å². The van der Waals surface area contributed by atoms with Crippen LogP contribution in [0.4, 0.5) is 5.69 Å². The Labute approximate surface area is 122 Å². The highest BCUT2D eigenvalue weighted by Crippen LogP contribution is 2.34. The van der Waals surface area contributed by atoms with E-state index < -0.39 is 0 Å². The van der Waals surface area contributed by atoms with Gasteiger partial charge in [-0.3, -0.25) is 4.79 Å². The van der Waals surface area contributed by atoms with E-state index in [1.165, 1.54) is 6.42 Å². The van der Waals surface area contributed by atoms with Crippen molar-refractivity contribution in [3.05, 3.63) is 29.8 Å². The zero-order valence-electron chi connectivity index (χ0n) is 12.9. The fraction of sp³-hybridized carbons (Fsp3) is 0.588. The fourth-order valence-corrected chi connectivity index (χ4v) is 2.97. The summed E-state index contributed by atoms with van der Waals surface area (Å²) in [6, 6.07) is 7.24. The van der Waals surface area contributed by atoms with Crippen molar-refractivity contribution in [3.63, 3.8) is 0 Å². The lowest BCUT2D eigenvalue weighted by molar-refractivity contribution is 0.0755. The van der Waals surface area contributed by atoms with Gasteiger partial charge in [0.1, 0.15) is 0 Å². The summed E-state index contributed by atoms with van der Waals surface area (Å²) in [6.07, 6.45) is 3.42. The molecule has 2 rings (SSSR count). The van der Waals surface area contributed by atoms with Crippen molar-refractivity contribution in [2.75, 3.05) is 18.8 Å². The molecule has 110 valence electrons. The average molecular weight is 274 g/mol. The summed E-state index contributed by atoms with van der Waals surface area (Å²) in [7, 11) is 0. The van der Waals surface area contributed by atoms with E-state index in [-0.39, 0.29) is 5.91 Å². The highest BCUT2D eigenvalue weighted by atomic mass is 16.2. The van der Waals surface area contributed by atoms with Gasteiger partial charge in [-0.1, -0.05) is 20.8 Å². The molecular formula is C17H26N2O. The highest BCUT2D eigenvalue weighted by molar-refractivity contribution is 5.94. The molecule has 1 saturated heterocycles. The first-order valence-corrected chi connectivity index (χ1v) is 7.53. The van der Waals surface area contributed by atoms with Crippen LogP contribution in [0.3, 0.4) is 0 Å². The lowest BCUT2D eigenvalue weighted by Gasteiger charge is -2.29. The summed E-state index contributed by atoms with van der Waals surface area (Å²) in [5, 5.41) is 0. The Bertz CT molecular complexity index is 459. The summed E-state index contributed by atoms with van der Waals surface area (Å²) < 4.78 is 0. The molecule has 3 heteroatoms. The Kier molecular flexibility index (Phi) is 4.36. The van der Waals surface area contributed by atoms with Crippen LogP contribution in [0.15, 0.2) is 24.3 Å². The number of amides is 1. The monoisotopic (exact) mass is 274 g/mol. The largest absolute Gasteiger partial charge is 0.399 e. The molecule has 0 spiro atoms. The topological polar surface area (TPSA) is 46.3 Å². The van der Waals surface area contributed by atoms with Gasteiger partial charge in [-0.2, -0.15) is 0 Å². The molecular weight excluding hydrogens is 248 g/mol. The van der Waals surface area contributed by atoms with Gasteiger partial charge in [0, 0.05) is 24.3 Å². The molecule has 1 unspecified atom stereocenters. The third-order valence-electron chi connectivity index (χ3n) is 4.40. The van der Waals surface area contributed by atoms with Crippen LogP contribution in [0.5, 0.6) is 0 Å². The van der Waals surface area contributed by atoms with Crippen LogP contribution < -0.4 is 5.73 Å². The van der Waals surface area contributed by atoms with Crippen LogP contribution in [-0.4, -0.2) is 23.9 Å². The van der Waals surface area contributed by atoms with Crippen LogP contribution in [0.25, 0.3) is 0 Å². The molecule has 1 heterocycles. The Hall–Kier alpha value is -1.51. The van der Waals surface area contributed by atoms with E-state index in [1.807, 2.05) is 17.0 Å². The lowest BCUT2D eigenvalue weighted by Crippen LogP contribution is -2.32. The first kappa shape index (κ1) is 14.9. The molecule has 1 aromatic carbocycles. The number of hydrogen-bond acceptors (Lipinski definition) is 2. The third kappa shape index (κ3) is 3.53. The summed E-state index contributed by atoms with van der Waals surface area (Å²) in [4.78, 5) is 14.5. The van der Waals surface area contributed by atoms with E-state index in [4.69, 9.17) is 5.73 Å². The number of rotatable bonds is 1. The Morgan fingerprint density at radius 1 is 1.15 bits per heavy atom. The van der Waals surface area contributed by atoms with Gasteiger partial charge in [-0.15, -0.1) is 0 Å². The number of carbonyl (C=O) groups excluding carboxylic acids is 1. The Morgan fingerprint density at radius 2 is 1.80 bits per heavy atom. The zero-order chi connectivity index (χ0) is 14.8. The molecule has 1 aliphatic heterocycles. The van der Waals surface area contributed by atoms with Gasteiger partial charge >= 0.3 is 0 Å². The molecule has 1 aromatic rings. The van der Waals surface area contributed by atoms with Crippen LogP contribution in [0.1, 0.15) is 50.4 Å². The number of benzene rings is 1. The lowest BCUT2D eigenvalue weighted by atomic mass is 9.77. The molecule has 20 heavy (non-hydrogen) atoms. The maximum atomic E-state index is 12.5. The van der Waals surface area contributed by atoms with Crippen molar-refractivity contribution >= 4 is 11.6 Å². The van der Waals surface area contributed by atoms with Crippen LogP contribution in [-0.2, 0) is 0 Å². The third-order valence-corrected chi connectivity index (χ3v) is 4.40. The second kappa shape index (κ2) is 5.86. The fourth-order valence-electron chi connectivity index (χ4n) is 2.97. The van der Waals surface area contributed by atoms with Crippen LogP contribution >= 0.6 is 0 Å². The molecule has 1 atom stereocenters. The minimum atomic E-state index is 0.138. The number of anilines is 1. The van der Waals surface area contributed by atoms with Crippen molar-refractivity contribution in [1.82, 2.24) is 4.90 Å². The number of nitrogens with zero attached hydrogens (tertiary/aromatic N) is 1. The SMILES string of the molecule is CC(C)(C)C1CCCN(C(=O)c2ccc(N)cc2)CC1. The quantitative estimate of drug-likeness (QED) is 0.796. The predicted octanol–water partition coefficient (Wildman–Crippen LogP) is 3.56. The van der Waals surface area contributed by atoms with Crippen molar-refractivity contribution in [1.29, 1.82) is 0 Å². The van der Waals surface area contributed by atoms with Crippen molar-refractivity contribution in [3.8, 4) is 0 Å². The van der Waals surface area contributed by atoms with E-state index >= 15 is 0 Å². The number of carbonyl (C=O) groups is 1. The number of hydrogen-bond donors (Lipinski definition) is 1. The molecule has 0 aromatic heterocycles. The zero-order valence-corrected chi connectivity index (χ0v) is 12.9. The predicted molar refractivity (Wildman–Crippen MR) is 83.6 cm³/mol. The summed E-state index contributed by atoms with van der Waals surface area (Å²) in [6.45, 7) is 8.64. The first-order chi connectivity index (χ1) is 9.38. The van der Waals surface area contributed by atoms with E-state index in [9.17, 15) is 4.79 Å². The van der Waals surface area contributed by atoms with Gasteiger partial charge < -0.3 is 10.6 Å². The molecule has 0 aliphatic carbocycles. The molecule has 1 amide bonds. The number of nitrogens with two attached hydrogens (primary N) is 1. The summed E-state index contributed by atoms with van der Waals surface area (Å²) in [5.41, 5.74) is 7.45. The molecule has 0 radical (unpaired) electrons. The van der Waals surface area contributed by atoms with Gasteiger partial charge in [0.25, 0.3) is 5.91 Å². The summed E-state index contributed by atoms with van der Waals surface area (Å²) >= 11 is 0. The van der Waals surface area contributed by atoms with Gasteiger partial charge in [0.2, 0.25) is 0 Å². The van der Waals surface area contributed by atoms with E-state index in [0.29, 0.717) is 17.0 Å². The van der Waals surface area contributed by atoms with Crippen molar-refractivity contribution in [2.24, 2.45) is 11.3 Å². The maximum Gasteiger partial charge on any atom is 0.253 e. The van der Waals surface area contributed by atoms with Gasteiger partial charge in [0.05, 0.1) is 0 Å².